The van der Waals surface area contributed by atoms with Gasteiger partial charge >= 0.3 is 12.0 Å². The number of carboxylic acid groups (broad SMARTS) is 1. The van der Waals surface area contributed by atoms with Crippen LogP contribution < -0.4 is 5.32 Å². The van der Waals surface area contributed by atoms with E-state index < -0.39 is 5.97 Å². The Kier molecular flexibility index (Phi) is 6.08. The quantitative estimate of drug-likeness (QED) is 0.764. The molecule has 0 aromatic carbocycles. The van der Waals surface area contributed by atoms with Gasteiger partial charge in [0.2, 0.25) is 0 Å². The first-order valence-corrected chi connectivity index (χ1v) is 6.82. The number of hydrogen-bond acceptors (Lipinski definition) is 3. The Balaban J connectivity index is 2.57. The van der Waals surface area contributed by atoms with Crippen LogP contribution in [0.5, 0.6) is 0 Å². The predicted octanol–water partition coefficient (Wildman–Crippen LogP) is 1.31. The number of urea groups is 1. The van der Waals surface area contributed by atoms with Gasteiger partial charge in [0.15, 0.2) is 0 Å². The molecule has 6 heteroatoms. The molecule has 1 saturated heterocycles. The lowest BCUT2D eigenvalue weighted by molar-refractivity contribution is -0.138. The molecule has 0 aromatic heterocycles. The molecule has 19 heavy (non-hydrogen) atoms. The van der Waals surface area contributed by atoms with Crippen LogP contribution in [0.2, 0.25) is 0 Å². The second-order valence-corrected chi connectivity index (χ2v) is 5.14. The van der Waals surface area contributed by atoms with E-state index in [4.69, 9.17) is 9.84 Å². The van der Waals surface area contributed by atoms with Crippen LogP contribution in [0.25, 0.3) is 0 Å². The number of carbonyl (C=O) groups is 2. The fourth-order valence-electron chi connectivity index (χ4n) is 2.14. The standard InChI is InChI=1S/C13H24N2O4/c1-4-9(2)15(7-12(16)17)13(18)14-10(3)11-5-6-19-8-11/h9-11H,4-8H2,1-3H3,(H,14,18)(H,16,17). The van der Waals surface area contributed by atoms with Crippen LogP contribution in [0.15, 0.2) is 0 Å². The molecule has 1 fully saturated rings. The summed E-state index contributed by atoms with van der Waals surface area (Å²) >= 11 is 0. The topological polar surface area (TPSA) is 78.9 Å². The summed E-state index contributed by atoms with van der Waals surface area (Å²) in [6.07, 6.45) is 1.66. The highest BCUT2D eigenvalue weighted by Gasteiger charge is 2.27. The average Bonchev–Trinajstić information content (AvgIpc) is 2.88. The van der Waals surface area contributed by atoms with E-state index in [0.717, 1.165) is 19.4 Å². The number of ether oxygens (including phenoxy) is 1. The molecule has 1 aliphatic rings. The van der Waals surface area contributed by atoms with Crippen molar-refractivity contribution in [1.82, 2.24) is 10.2 Å². The van der Waals surface area contributed by atoms with Gasteiger partial charge in [0, 0.05) is 24.6 Å². The third-order valence-corrected chi connectivity index (χ3v) is 3.71. The Hall–Kier alpha value is -1.30. The van der Waals surface area contributed by atoms with Crippen LogP contribution in [0.4, 0.5) is 4.79 Å². The van der Waals surface area contributed by atoms with E-state index in [0.29, 0.717) is 12.5 Å². The number of hydrogen-bond donors (Lipinski definition) is 2. The van der Waals surface area contributed by atoms with Crippen molar-refractivity contribution in [2.45, 2.75) is 45.7 Å². The maximum Gasteiger partial charge on any atom is 0.323 e. The summed E-state index contributed by atoms with van der Waals surface area (Å²) in [5.41, 5.74) is 0. The maximum atomic E-state index is 12.2. The fraction of sp³-hybridized carbons (Fsp3) is 0.846. The second-order valence-electron chi connectivity index (χ2n) is 5.14. The lowest BCUT2D eigenvalue weighted by atomic mass is 10.0. The third-order valence-electron chi connectivity index (χ3n) is 3.71. The first-order valence-electron chi connectivity index (χ1n) is 6.82. The van der Waals surface area contributed by atoms with E-state index in [-0.39, 0.29) is 24.7 Å². The molecule has 2 amide bonds. The van der Waals surface area contributed by atoms with Crippen molar-refractivity contribution >= 4 is 12.0 Å². The Morgan fingerprint density at radius 3 is 2.63 bits per heavy atom. The van der Waals surface area contributed by atoms with Gasteiger partial charge in [0.05, 0.1) is 6.61 Å². The molecular formula is C13H24N2O4. The number of nitrogens with one attached hydrogen (secondary N) is 1. The van der Waals surface area contributed by atoms with E-state index in [1.807, 2.05) is 20.8 Å². The zero-order valence-corrected chi connectivity index (χ0v) is 11.9. The monoisotopic (exact) mass is 272 g/mol. The van der Waals surface area contributed by atoms with E-state index in [9.17, 15) is 9.59 Å². The van der Waals surface area contributed by atoms with Crippen molar-refractivity contribution in [2.75, 3.05) is 19.8 Å². The molecule has 3 unspecified atom stereocenters. The minimum atomic E-state index is -0.993. The van der Waals surface area contributed by atoms with Gasteiger partial charge in [-0.15, -0.1) is 0 Å². The van der Waals surface area contributed by atoms with Gasteiger partial charge in [0.1, 0.15) is 6.54 Å². The van der Waals surface area contributed by atoms with Crippen LogP contribution >= 0.6 is 0 Å². The van der Waals surface area contributed by atoms with Gasteiger partial charge < -0.3 is 20.1 Å². The second kappa shape index (κ2) is 7.33. The van der Waals surface area contributed by atoms with Crippen molar-refractivity contribution in [2.24, 2.45) is 5.92 Å². The largest absolute Gasteiger partial charge is 0.480 e. The number of amides is 2. The predicted molar refractivity (Wildman–Crippen MR) is 71.0 cm³/mol. The molecule has 2 N–H and O–H groups in total. The molecule has 0 bridgehead atoms. The zero-order valence-electron chi connectivity index (χ0n) is 11.9. The van der Waals surface area contributed by atoms with Crippen molar-refractivity contribution in [3.05, 3.63) is 0 Å². The molecule has 0 saturated carbocycles. The molecule has 3 atom stereocenters. The van der Waals surface area contributed by atoms with Crippen LogP contribution in [-0.2, 0) is 9.53 Å². The summed E-state index contributed by atoms with van der Waals surface area (Å²) < 4.78 is 5.29. The van der Waals surface area contributed by atoms with E-state index in [1.165, 1.54) is 4.90 Å². The van der Waals surface area contributed by atoms with Gasteiger partial charge in [-0.3, -0.25) is 4.79 Å². The number of rotatable bonds is 6. The van der Waals surface area contributed by atoms with E-state index in [2.05, 4.69) is 5.32 Å². The van der Waals surface area contributed by atoms with E-state index in [1.54, 1.807) is 0 Å². The number of carbonyl (C=O) groups excluding carboxylic acids is 1. The Morgan fingerprint density at radius 2 is 2.16 bits per heavy atom. The molecule has 110 valence electrons. The highest BCUT2D eigenvalue weighted by atomic mass is 16.5. The number of nitrogens with zero attached hydrogens (tertiary/aromatic N) is 1. The minimum Gasteiger partial charge on any atom is -0.480 e. The third kappa shape index (κ3) is 4.70. The van der Waals surface area contributed by atoms with Gasteiger partial charge in [-0.2, -0.15) is 0 Å². The SMILES string of the molecule is CCC(C)N(CC(=O)O)C(=O)NC(C)C1CCOC1. The maximum absolute atomic E-state index is 12.2. The number of carboxylic acids is 1. The lowest BCUT2D eigenvalue weighted by Gasteiger charge is -2.30. The Labute approximate surface area is 114 Å². The lowest BCUT2D eigenvalue weighted by Crippen LogP contribution is -2.51. The van der Waals surface area contributed by atoms with Crippen LogP contribution in [0, 0.1) is 5.92 Å². The molecular weight excluding hydrogens is 248 g/mol. The first-order chi connectivity index (χ1) is 8.95. The van der Waals surface area contributed by atoms with Crippen LogP contribution in [-0.4, -0.2) is 53.8 Å². The van der Waals surface area contributed by atoms with E-state index >= 15 is 0 Å². The molecule has 0 radical (unpaired) electrons. The molecule has 6 nitrogen and oxygen atoms in total. The normalized spacial score (nSPS) is 21.7. The summed E-state index contributed by atoms with van der Waals surface area (Å²) in [6.45, 7) is 6.84. The van der Waals surface area contributed by atoms with Crippen molar-refractivity contribution in [1.29, 1.82) is 0 Å². The average molecular weight is 272 g/mol. The fourth-order valence-corrected chi connectivity index (χ4v) is 2.14. The molecule has 0 aromatic rings. The van der Waals surface area contributed by atoms with Gasteiger partial charge in [-0.05, 0) is 26.7 Å². The molecule has 0 spiro atoms. The summed E-state index contributed by atoms with van der Waals surface area (Å²) in [6, 6.07) is -0.408. The summed E-state index contributed by atoms with van der Waals surface area (Å²) in [5, 5.41) is 11.8. The molecule has 1 heterocycles. The zero-order chi connectivity index (χ0) is 14.4. The van der Waals surface area contributed by atoms with Gasteiger partial charge in [0.25, 0.3) is 0 Å². The molecule has 1 rings (SSSR count). The Morgan fingerprint density at radius 1 is 1.47 bits per heavy atom. The van der Waals surface area contributed by atoms with Gasteiger partial charge in [-0.25, -0.2) is 4.79 Å². The van der Waals surface area contributed by atoms with Crippen molar-refractivity contribution < 1.29 is 19.4 Å². The highest BCUT2D eigenvalue weighted by Crippen LogP contribution is 2.17. The molecule has 1 aliphatic heterocycles. The van der Waals surface area contributed by atoms with Crippen molar-refractivity contribution in [3.8, 4) is 0 Å². The van der Waals surface area contributed by atoms with Crippen LogP contribution in [0.3, 0.4) is 0 Å². The summed E-state index contributed by atoms with van der Waals surface area (Å²) in [5.74, 6) is -0.681. The van der Waals surface area contributed by atoms with Gasteiger partial charge in [-0.1, -0.05) is 6.92 Å². The molecule has 0 aliphatic carbocycles. The smallest absolute Gasteiger partial charge is 0.323 e. The number of aliphatic carboxylic acids is 1. The van der Waals surface area contributed by atoms with Crippen molar-refractivity contribution in [3.63, 3.8) is 0 Å². The first kappa shape index (κ1) is 15.8. The Bertz CT molecular complexity index is 316. The van der Waals surface area contributed by atoms with Crippen LogP contribution in [0.1, 0.15) is 33.6 Å². The summed E-state index contributed by atoms with van der Waals surface area (Å²) in [4.78, 5) is 24.4. The highest BCUT2D eigenvalue weighted by molar-refractivity contribution is 5.80. The summed E-state index contributed by atoms with van der Waals surface area (Å²) in [7, 11) is 0. The minimum absolute atomic E-state index is 0.00430.